The molecule has 0 aliphatic rings. The Hall–Kier alpha value is -3.00. The molecule has 28 heavy (non-hydrogen) atoms. The molecule has 0 atom stereocenters. The van der Waals surface area contributed by atoms with E-state index in [1.165, 1.54) is 11.8 Å². The van der Waals surface area contributed by atoms with Crippen molar-refractivity contribution in [2.75, 3.05) is 17.7 Å². The van der Waals surface area contributed by atoms with Crippen molar-refractivity contribution in [2.24, 2.45) is 0 Å². The van der Waals surface area contributed by atoms with Gasteiger partial charge in [-0.25, -0.2) is 9.78 Å². The Kier molecular flexibility index (Phi) is 5.89. The van der Waals surface area contributed by atoms with Crippen LogP contribution in [0, 0.1) is 0 Å². The molecule has 0 spiro atoms. The maximum atomic E-state index is 12.2. The molecule has 2 aromatic heterocycles. The molecule has 3 aromatic rings. The van der Waals surface area contributed by atoms with Crippen molar-refractivity contribution < 1.29 is 9.53 Å². The Morgan fingerprint density at radius 1 is 1.11 bits per heavy atom. The molecule has 3 rings (SSSR count). The van der Waals surface area contributed by atoms with Crippen LogP contribution >= 0.6 is 11.8 Å². The summed E-state index contributed by atoms with van der Waals surface area (Å²) in [4.78, 5) is 17.6. The Morgan fingerprint density at radius 3 is 2.43 bits per heavy atom. The van der Waals surface area contributed by atoms with Crippen molar-refractivity contribution in [2.45, 2.75) is 36.1 Å². The number of urea groups is 1. The first-order valence-electron chi connectivity index (χ1n) is 8.75. The topological polar surface area (TPSA) is 91.9 Å². The number of aromatic amines is 1. The van der Waals surface area contributed by atoms with Gasteiger partial charge in [0.2, 0.25) is 0 Å². The van der Waals surface area contributed by atoms with Crippen molar-refractivity contribution >= 4 is 29.3 Å². The smallest absolute Gasteiger partial charge is 0.324 e. The van der Waals surface area contributed by atoms with Crippen LogP contribution in [0.3, 0.4) is 0 Å². The standard InChI is InChI=1S/C20H23N5O2S/c1-20(2,3)16-11-17(25-24-16)23-19(26)22-13-5-10-18(21-12-13)28-15-8-6-14(27-4)7-9-15/h5-12H,1-4H3,(H3,22,23,24,25,26). The lowest BCUT2D eigenvalue weighted by atomic mass is 9.92. The average molecular weight is 398 g/mol. The summed E-state index contributed by atoms with van der Waals surface area (Å²) in [7, 11) is 1.64. The fourth-order valence-electron chi connectivity index (χ4n) is 2.33. The van der Waals surface area contributed by atoms with E-state index in [1.54, 1.807) is 13.3 Å². The molecule has 0 aliphatic heterocycles. The van der Waals surface area contributed by atoms with Crippen molar-refractivity contribution in [3.8, 4) is 5.75 Å². The number of nitrogens with one attached hydrogen (secondary N) is 3. The van der Waals surface area contributed by atoms with E-state index in [2.05, 4.69) is 46.6 Å². The molecule has 0 saturated heterocycles. The number of pyridine rings is 1. The zero-order chi connectivity index (χ0) is 20.1. The van der Waals surface area contributed by atoms with Gasteiger partial charge in [0.25, 0.3) is 0 Å². The first kappa shape index (κ1) is 19.8. The Balaban J connectivity index is 1.56. The predicted molar refractivity (Wildman–Crippen MR) is 111 cm³/mol. The fraction of sp³-hybridized carbons (Fsp3) is 0.250. The maximum Gasteiger partial charge on any atom is 0.324 e. The summed E-state index contributed by atoms with van der Waals surface area (Å²) in [5.74, 6) is 1.29. The average Bonchev–Trinajstić information content (AvgIpc) is 3.13. The van der Waals surface area contributed by atoms with Crippen molar-refractivity contribution in [1.82, 2.24) is 15.2 Å². The summed E-state index contributed by atoms with van der Waals surface area (Å²) in [6.45, 7) is 6.21. The van der Waals surface area contributed by atoms with Gasteiger partial charge in [-0.1, -0.05) is 32.5 Å². The molecular weight excluding hydrogens is 374 g/mol. The van der Waals surface area contributed by atoms with Gasteiger partial charge in [-0.05, 0) is 36.4 Å². The Morgan fingerprint density at radius 2 is 1.86 bits per heavy atom. The van der Waals surface area contributed by atoms with Crippen LogP contribution in [0.5, 0.6) is 5.75 Å². The van der Waals surface area contributed by atoms with E-state index in [4.69, 9.17) is 4.74 Å². The van der Waals surface area contributed by atoms with Gasteiger partial charge in [-0.15, -0.1) is 0 Å². The number of amides is 2. The van der Waals surface area contributed by atoms with Crippen LogP contribution in [0.4, 0.5) is 16.3 Å². The number of nitrogens with zero attached hydrogens (tertiary/aromatic N) is 2. The van der Waals surface area contributed by atoms with E-state index in [0.29, 0.717) is 11.5 Å². The summed E-state index contributed by atoms with van der Waals surface area (Å²) in [5, 5.41) is 13.3. The number of H-pyrrole nitrogens is 1. The van der Waals surface area contributed by atoms with Crippen molar-refractivity contribution in [3.05, 3.63) is 54.4 Å². The van der Waals surface area contributed by atoms with Gasteiger partial charge in [0.1, 0.15) is 10.8 Å². The van der Waals surface area contributed by atoms with Crippen molar-refractivity contribution in [1.29, 1.82) is 0 Å². The number of methoxy groups -OCH3 is 1. The summed E-state index contributed by atoms with van der Waals surface area (Å²) < 4.78 is 5.16. The van der Waals surface area contributed by atoms with Gasteiger partial charge < -0.3 is 10.1 Å². The van der Waals surface area contributed by atoms with E-state index in [0.717, 1.165) is 21.4 Å². The lowest BCUT2D eigenvalue weighted by molar-refractivity contribution is 0.262. The summed E-state index contributed by atoms with van der Waals surface area (Å²) >= 11 is 1.53. The van der Waals surface area contributed by atoms with Crippen LogP contribution in [-0.2, 0) is 5.41 Å². The highest BCUT2D eigenvalue weighted by atomic mass is 32.2. The zero-order valence-corrected chi connectivity index (χ0v) is 17.1. The van der Waals surface area contributed by atoms with Gasteiger partial charge in [0, 0.05) is 22.1 Å². The molecule has 2 amide bonds. The van der Waals surface area contributed by atoms with E-state index >= 15 is 0 Å². The van der Waals surface area contributed by atoms with Gasteiger partial charge >= 0.3 is 6.03 Å². The molecule has 8 heteroatoms. The molecular formula is C20H23N5O2S. The highest BCUT2D eigenvalue weighted by Gasteiger charge is 2.17. The number of aromatic nitrogens is 3. The highest BCUT2D eigenvalue weighted by Crippen LogP contribution is 2.28. The van der Waals surface area contributed by atoms with Gasteiger partial charge in [-0.3, -0.25) is 10.4 Å². The Bertz CT molecular complexity index is 930. The molecule has 0 saturated carbocycles. The van der Waals surface area contributed by atoms with E-state index in [9.17, 15) is 4.79 Å². The second-order valence-electron chi connectivity index (χ2n) is 7.16. The normalized spacial score (nSPS) is 11.1. The van der Waals surface area contributed by atoms with Gasteiger partial charge in [-0.2, -0.15) is 5.10 Å². The van der Waals surface area contributed by atoms with Crippen LogP contribution in [0.1, 0.15) is 26.5 Å². The summed E-state index contributed by atoms with van der Waals surface area (Å²) in [5.41, 5.74) is 1.48. The van der Waals surface area contributed by atoms with Crippen LogP contribution < -0.4 is 15.4 Å². The number of hydrogen-bond acceptors (Lipinski definition) is 5. The third-order valence-electron chi connectivity index (χ3n) is 3.90. The quantitative estimate of drug-likeness (QED) is 0.569. The molecule has 2 heterocycles. The number of hydrogen-bond donors (Lipinski definition) is 3. The van der Waals surface area contributed by atoms with E-state index in [1.807, 2.05) is 42.5 Å². The molecule has 0 radical (unpaired) electrons. The SMILES string of the molecule is COc1ccc(Sc2ccc(NC(=O)Nc3cc(C(C)(C)C)[nH]n3)cn2)cc1. The zero-order valence-electron chi connectivity index (χ0n) is 16.2. The molecule has 3 N–H and O–H groups in total. The number of carbonyl (C=O) groups is 1. The minimum Gasteiger partial charge on any atom is -0.497 e. The van der Waals surface area contributed by atoms with Crippen LogP contribution in [0.15, 0.2) is 58.6 Å². The molecule has 7 nitrogen and oxygen atoms in total. The number of carbonyl (C=O) groups excluding carboxylic acids is 1. The molecule has 1 aromatic carbocycles. The minimum absolute atomic E-state index is 0.0648. The van der Waals surface area contributed by atoms with Crippen LogP contribution in [-0.4, -0.2) is 28.3 Å². The first-order valence-corrected chi connectivity index (χ1v) is 9.57. The monoisotopic (exact) mass is 397 g/mol. The lowest BCUT2D eigenvalue weighted by Gasteiger charge is -2.14. The van der Waals surface area contributed by atoms with Crippen LogP contribution in [0.25, 0.3) is 0 Å². The largest absolute Gasteiger partial charge is 0.497 e. The number of benzene rings is 1. The number of rotatable bonds is 5. The predicted octanol–water partition coefficient (Wildman–Crippen LogP) is 4.91. The van der Waals surface area contributed by atoms with Gasteiger partial charge in [0.05, 0.1) is 19.0 Å². The maximum absolute atomic E-state index is 12.2. The second kappa shape index (κ2) is 8.35. The lowest BCUT2D eigenvalue weighted by Crippen LogP contribution is -2.19. The van der Waals surface area contributed by atoms with Gasteiger partial charge in [0.15, 0.2) is 5.82 Å². The number of ether oxygens (including phenoxy) is 1. The summed E-state index contributed by atoms with van der Waals surface area (Å²) in [6, 6.07) is 12.9. The molecule has 0 bridgehead atoms. The third kappa shape index (κ3) is 5.26. The Labute approximate surface area is 168 Å². The highest BCUT2D eigenvalue weighted by molar-refractivity contribution is 7.99. The molecule has 0 aliphatic carbocycles. The minimum atomic E-state index is -0.371. The first-order chi connectivity index (χ1) is 13.3. The fourth-order valence-corrected chi connectivity index (χ4v) is 3.08. The molecule has 0 fully saturated rings. The molecule has 0 unspecified atom stereocenters. The third-order valence-corrected chi connectivity index (χ3v) is 4.86. The van der Waals surface area contributed by atoms with Crippen LogP contribution in [0.2, 0.25) is 0 Å². The summed E-state index contributed by atoms with van der Waals surface area (Å²) in [6.07, 6.45) is 1.62. The van der Waals surface area contributed by atoms with E-state index < -0.39 is 0 Å². The number of anilines is 2. The van der Waals surface area contributed by atoms with E-state index in [-0.39, 0.29) is 11.4 Å². The second-order valence-corrected chi connectivity index (χ2v) is 8.25. The molecule has 146 valence electrons. The van der Waals surface area contributed by atoms with Crippen molar-refractivity contribution in [3.63, 3.8) is 0 Å².